The predicted octanol–water partition coefficient (Wildman–Crippen LogP) is 1.79. The number of aromatic nitrogens is 1. The molecule has 0 aromatic carbocycles. The summed E-state index contributed by atoms with van der Waals surface area (Å²) < 4.78 is 5.76. The van der Waals surface area contributed by atoms with Crippen LogP contribution in [0.4, 0.5) is 0 Å². The van der Waals surface area contributed by atoms with Gasteiger partial charge >= 0.3 is 0 Å². The van der Waals surface area contributed by atoms with Gasteiger partial charge in [-0.25, -0.2) is 0 Å². The van der Waals surface area contributed by atoms with E-state index in [2.05, 4.69) is 10.3 Å². The number of nitrogens with zero attached hydrogens (tertiary/aromatic N) is 1. The minimum atomic E-state index is -0.490. The molecule has 2 N–H and O–H groups in total. The normalized spacial score (nSPS) is 18.4. The van der Waals surface area contributed by atoms with Crippen molar-refractivity contribution < 1.29 is 9.84 Å². The fraction of sp³-hybridized carbons (Fsp3) is 0.643. The van der Waals surface area contributed by atoms with Crippen LogP contribution in [0.2, 0.25) is 0 Å². The summed E-state index contributed by atoms with van der Waals surface area (Å²) >= 11 is 0. The van der Waals surface area contributed by atoms with E-state index in [-0.39, 0.29) is 6.10 Å². The second-order valence-electron chi connectivity index (χ2n) is 5.12. The number of aryl methyl sites for hydroxylation is 1. The molecule has 0 aliphatic heterocycles. The first-order valence-corrected chi connectivity index (χ1v) is 6.61. The van der Waals surface area contributed by atoms with Crippen LogP contribution in [0.25, 0.3) is 0 Å². The lowest BCUT2D eigenvalue weighted by atomic mass is 10.2. The fourth-order valence-corrected chi connectivity index (χ4v) is 1.66. The van der Waals surface area contributed by atoms with Gasteiger partial charge in [-0.15, -0.1) is 0 Å². The second kappa shape index (κ2) is 5.67. The Bertz CT molecular complexity index is 403. The molecule has 1 saturated carbocycles. The first kappa shape index (κ1) is 13.3. The Morgan fingerprint density at radius 2 is 2.17 bits per heavy atom. The Labute approximate surface area is 108 Å². The van der Waals surface area contributed by atoms with Crippen LogP contribution in [0.1, 0.15) is 38.1 Å². The molecule has 4 nitrogen and oxygen atoms in total. The molecule has 1 aromatic heterocycles. The summed E-state index contributed by atoms with van der Waals surface area (Å²) in [5.74, 6) is 0.766. The molecule has 0 saturated heterocycles. The lowest BCUT2D eigenvalue weighted by molar-refractivity contribution is 0.0594. The summed E-state index contributed by atoms with van der Waals surface area (Å²) in [5.41, 5.74) is 1.91. The molecule has 0 amide bonds. The third-order valence-electron chi connectivity index (χ3n) is 3.20. The Morgan fingerprint density at radius 3 is 2.78 bits per heavy atom. The van der Waals surface area contributed by atoms with Gasteiger partial charge in [0, 0.05) is 18.3 Å². The van der Waals surface area contributed by atoms with Crippen LogP contribution < -0.4 is 10.1 Å². The van der Waals surface area contributed by atoms with Crippen LogP contribution in [-0.4, -0.2) is 28.3 Å². The molecule has 2 rings (SSSR count). The van der Waals surface area contributed by atoms with Gasteiger partial charge < -0.3 is 15.2 Å². The van der Waals surface area contributed by atoms with Gasteiger partial charge in [0.05, 0.1) is 11.8 Å². The predicted molar refractivity (Wildman–Crippen MR) is 70.6 cm³/mol. The molecule has 18 heavy (non-hydrogen) atoms. The first-order chi connectivity index (χ1) is 8.56. The quantitative estimate of drug-likeness (QED) is 0.808. The minimum absolute atomic E-state index is 0.228. The first-order valence-electron chi connectivity index (χ1n) is 6.61. The molecule has 100 valence electrons. The zero-order valence-electron chi connectivity index (χ0n) is 11.3. The summed E-state index contributed by atoms with van der Waals surface area (Å²) in [5, 5.41) is 12.9. The van der Waals surface area contributed by atoms with E-state index in [1.54, 1.807) is 6.92 Å². The maximum Gasteiger partial charge on any atom is 0.142 e. The van der Waals surface area contributed by atoms with Gasteiger partial charge in [0.15, 0.2) is 0 Å². The molecular weight excluding hydrogens is 228 g/mol. The lowest BCUT2D eigenvalue weighted by Gasteiger charge is -2.19. The summed E-state index contributed by atoms with van der Waals surface area (Å²) in [4.78, 5) is 4.52. The van der Waals surface area contributed by atoms with Crippen LogP contribution in [0.3, 0.4) is 0 Å². The van der Waals surface area contributed by atoms with E-state index in [9.17, 15) is 5.11 Å². The van der Waals surface area contributed by atoms with Crippen LogP contribution in [-0.2, 0) is 6.54 Å². The number of aliphatic hydroxyl groups is 1. The molecule has 1 aliphatic carbocycles. The van der Waals surface area contributed by atoms with Crippen molar-refractivity contribution in [2.24, 2.45) is 0 Å². The van der Waals surface area contributed by atoms with E-state index < -0.39 is 6.10 Å². The largest absolute Gasteiger partial charge is 0.486 e. The molecule has 2 unspecified atom stereocenters. The Balaban J connectivity index is 2.06. The fourth-order valence-electron chi connectivity index (χ4n) is 1.66. The number of ether oxygens (including phenoxy) is 1. The lowest BCUT2D eigenvalue weighted by Crippen LogP contribution is -2.27. The standard InChI is InChI=1S/C14H22N2O2/c1-9-4-7-14(18-11(3)10(2)17)13(16-9)8-15-12-5-6-12/h4,7,10-12,15,17H,5-6,8H2,1-3H3. The number of aliphatic hydroxyl groups excluding tert-OH is 1. The summed E-state index contributed by atoms with van der Waals surface area (Å²) in [6.45, 7) is 6.30. The van der Waals surface area contributed by atoms with E-state index in [1.807, 2.05) is 26.0 Å². The zero-order valence-corrected chi connectivity index (χ0v) is 11.3. The average molecular weight is 250 g/mol. The summed E-state index contributed by atoms with van der Waals surface area (Å²) in [6.07, 6.45) is 1.79. The zero-order chi connectivity index (χ0) is 13.1. The highest BCUT2D eigenvalue weighted by molar-refractivity contribution is 5.29. The van der Waals surface area contributed by atoms with E-state index in [4.69, 9.17) is 4.74 Å². The van der Waals surface area contributed by atoms with E-state index in [0.29, 0.717) is 6.04 Å². The molecule has 0 spiro atoms. The molecule has 0 bridgehead atoms. The maximum atomic E-state index is 9.49. The van der Waals surface area contributed by atoms with Crippen LogP contribution in [0, 0.1) is 6.92 Å². The Morgan fingerprint density at radius 1 is 1.44 bits per heavy atom. The van der Waals surface area contributed by atoms with Gasteiger partial charge in [-0.2, -0.15) is 0 Å². The van der Waals surface area contributed by atoms with Gasteiger partial charge in [-0.1, -0.05) is 0 Å². The highest BCUT2D eigenvalue weighted by Crippen LogP contribution is 2.23. The highest BCUT2D eigenvalue weighted by Gasteiger charge is 2.21. The molecule has 0 radical (unpaired) electrons. The van der Waals surface area contributed by atoms with Crippen molar-refractivity contribution in [3.05, 3.63) is 23.5 Å². The van der Waals surface area contributed by atoms with Crippen molar-refractivity contribution in [1.29, 1.82) is 0 Å². The Kier molecular flexibility index (Phi) is 4.19. The number of hydrogen-bond donors (Lipinski definition) is 2. The third kappa shape index (κ3) is 3.68. The number of nitrogens with one attached hydrogen (secondary N) is 1. The van der Waals surface area contributed by atoms with Gasteiger partial charge in [0.1, 0.15) is 11.9 Å². The van der Waals surface area contributed by atoms with E-state index in [0.717, 1.165) is 23.7 Å². The molecular formula is C14H22N2O2. The topological polar surface area (TPSA) is 54.4 Å². The average Bonchev–Trinajstić information content (AvgIpc) is 3.13. The number of pyridine rings is 1. The van der Waals surface area contributed by atoms with Crippen molar-refractivity contribution in [2.75, 3.05) is 0 Å². The number of rotatable bonds is 6. The molecule has 2 atom stereocenters. The SMILES string of the molecule is Cc1ccc(OC(C)C(C)O)c(CNC2CC2)n1. The summed E-state index contributed by atoms with van der Waals surface area (Å²) in [7, 11) is 0. The Hall–Kier alpha value is -1.13. The van der Waals surface area contributed by atoms with Gasteiger partial charge in [0.2, 0.25) is 0 Å². The monoisotopic (exact) mass is 250 g/mol. The van der Waals surface area contributed by atoms with Crippen LogP contribution in [0.5, 0.6) is 5.75 Å². The van der Waals surface area contributed by atoms with E-state index in [1.165, 1.54) is 12.8 Å². The van der Waals surface area contributed by atoms with Gasteiger partial charge in [-0.05, 0) is 45.7 Å². The van der Waals surface area contributed by atoms with Crippen molar-refractivity contribution in [1.82, 2.24) is 10.3 Å². The molecule has 1 aromatic rings. The van der Waals surface area contributed by atoms with Gasteiger partial charge in [-0.3, -0.25) is 4.98 Å². The van der Waals surface area contributed by atoms with Crippen LogP contribution >= 0.6 is 0 Å². The number of hydrogen-bond acceptors (Lipinski definition) is 4. The summed E-state index contributed by atoms with van der Waals surface area (Å²) in [6, 6.07) is 4.52. The molecule has 1 heterocycles. The van der Waals surface area contributed by atoms with E-state index >= 15 is 0 Å². The van der Waals surface area contributed by atoms with Crippen LogP contribution in [0.15, 0.2) is 12.1 Å². The van der Waals surface area contributed by atoms with Crippen molar-refractivity contribution >= 4 is 0 Å². The second-order valence-corrected chi connectivity index (χ2v) is 5.12. The highest BCUT2D eigenvalue weighted by atomic mass is 16.5. The maximum absolute atomic E-state index is 9.49. The molecule has 1 aliphatic rings. The minimum Gasteiger partial charge on any atom is -0.486 e. The smallest absolute Gasteiger partial charge is 0.142 e. The van der Waals surface area contributed by atoms with Gasteiger partial charge in [0.25, 0.3) is 0 Å². The molecule has 1 fully saturated rings. The van der Waals surface area contributed by atoms with Crippen molar-refractivity contribution in [2.45, 2.75) is 58.4 Å². The van der Waals surface area contributed by atoms with Crippen molar-refractivity contribution in [3.8, 4) is 5.75 Å². The molecule has 4 heteroatoms. The third-order valence-corrected chi connectivity index (χ3v) is 3.20. The van der Waals surface area contributed by atoms with Crippen molar-refractivity contribution in [3.63, 3.8) is 0 Å².